The Morgan fingerprint density at radius 2 is 1.80 bits per heavy atom. The highest BCUT2D eigenvalue weighted by Crippen LogP contribution is 2.28. The molecule has 0 heterocycles. The second-order valence-electron chi connectivity index (χ2n) is 4.27. The Balaban J connectivity index is 2.38. The van der Waals surface area contributed by atoms with Crippen LogP contribution in [0, 0.1) is 17.0 Å². The second kappa shape index (κ2) is 5.40. The van der Waals surface area contributed by atoms with Crippen molar-refractivity contribution in [1.29, 1.82) is 0 Å². The summed E-state index contributed by atoms with van der Waals surface area (Å²) in [5, 5.41) is 24.6. The average molecular weight is 271 g/mol. The van der Waals surface area contributed by atoms with Crippen molar-refractivity contribution in [2.75, 3.05) is 5.32 Å². The Hall–Kier alpha value is -2.89. The molecule has 2 aromatic rings. The number of hydrogen-bond acceptors (Lipinski definition) is 5. The van der Waals surface area contributed by atoms with Crippen molar-refractivity contribution < 1.29 is 14.8 Å². The summed E-state index contributed by atoms with van der Waals surface area (Å²) in [6.07, 6.45) is 0. The van der Waals surface area contributed by atoms with Crippen molar-refractivity contribution in [3.8, 4) is 0 Å². The molecule has 0 aliphatic heterocycles. The van der Waals surface area contributed by atoms with Gasteiger partial charge in [0.1, 0.15) is 5.69 Å². The molecule has 0 amide bonds. The number of anilines is 2. The van der Waals surface area contributed by atoms with Gasteiger partial charge in [-0.05, 0) is 25.1 Å². The molecule has 0 radical (unpaired) electrons. The average Bonchev–Trinajstić information content (AvgIpc) is 2.41. The summed E-state index contributed by atoms with van der Waals surface area (Å²) in [5.41, 5.74) is 1.43. The number of carbonyl (C=O) groups is 1. The Kier molecular flexibility index (Phi) is 3.65. The SMILES string of the molecule is Cc1ccc(Nc2ccc(C(=O)[O-])cc2[N+](=O)[O-])cc1. The summed E-state index contributed by atoms with van der Waals surface area (Å²) in [5.74, 6) is -1.45. The van der Waals surface area contributed by atoms with E-state index >= 15 is 0 Å². The van der Waals surface area contributed by atoms with E-state index in [1.165, 1.54) is 12.1 Å². The summed E-state index contributed by atoms with van der Waals surface area (Å²) in [6.45, 7) is 1.93. The van der Waals surface area contributed by atoms with E-state index in [9.17, 15) is 20.0 Å². The van der Waals surface area contributed by atoms with E-state index in [0.29, 0.717) is 5.69 Å². The zero-order valence-corrected chi connectivity index (χ0v) is 10.6. The molecule has 0 aliphatic carbocycles. The maximum Gasteiger partial charge on any atom is 0.293 e. The topological polar surface area (TPSA) is 95.3 Å². The lowest BCUT2D eigenvalue weighted by atomic mass is 10.1. The number of aryl methyl sites for hydroxylation is 1. The Morgan fingerprint density at radius 1 is 1.15 bits per heavy atom. The van der Waals surface area contributed by atoms with Crippen LogP contribution in [-0.2, 0) is 0 Å². The molecule has 6 heteroatoms. The predicted molar refractivity (Wildman–Crippen MR) is 71.9 cm³/mol. The fourth-order valence-corrected chi connectivity index (χ4v) is 1.71. The van der Waals surface area contributed by atoms with Gasteiger partial charge in [-0.2, -0.15) is 0 Å². The molecule has 0 unspecified atom stereocenters. The minimum absolute atomic E-state index is 0.226. The summed E-state index contributed by atoms with van der Waals surface area (Å²) >= 11 is 0. The first-order valence-electron chi connectivity index (χ1n) is 5.81. The van der Waals surface area contributed by atoms with Gasteiger partial charge in [-0.3, -0.25) is 10.1 Å². The van der Waals surface area contributed by atoms with Crippen LogP contribution in [0.3, 0.4) is 0 Å². The predicted octanol–water partition coefficient (Wildman–Crippen LogP) is 2.01. The van der Waals surface area contributed by atoms with Crippen molar-refractivity contribution in [3.05, 3.63) is 63.7 Å². The van der Waals surface area contributed by atoms with Crippen molar-refractivity contribution >= 4 is 23.0 Å². The van der Waals surface area contributed by atoms with Gasteiger partial charge in [-0.15, -0.1) is 0 Å². The first-order chi connectivity index (χ1) is 9.47. The molecule has 2 rings (SSSR count). The minimum atomic E-state index is -1.45. The maximum atomic E-state index is 11.0. The molecule has 0 bridgehead atoms. The third kappa shape index (κ3) is 2.92. The molecule has 0 fully saturated rings. The van der Waals surface area contributed by atoms with Crippen LogP contribution in [-0.4, -0.2) is 10.9 Å². The van der Waals surface area contributed by atoms with E-state index in [4.69, 9.17) is 0 Å². The maximum absolute atomic E-state index is 11.0. The number of nitro benzene ring substituents is 1. The number of nitrogens with one attached hydrogen (secondary N) is 1. The number of benzene rings is 2. The number of carbonyl (C=O) groups excluding carboxylic acids is 1. The van der Waals surface area contributed by atoms with Crippen LogP contribution in [0.2, 0.25) is 0 Å². The molecule has 102 valence electrons. The zero-order chi connectivity index (χ0) is 14.7. The number of carboxylic acid groups (broad SMARTS) is 1. The highest BCUT2D eigenvalue weighted by atomic mass is 16.6. The van der Waals surface area contributed by atoms with Crippen LogP contribution in [0.1, 0.15) is 15.9 Å². The van der Waals surface area contributed by atoms with E-state index in [2.05, 4.69) is 5.32 Å². The molecule has 0 saturated carbocycles. The molecule has 2 aromatic carbocycles. The van der Waals surface area contributed by atoms with Gasteiger partial charge in [0, 0.05) is 17.3 Å². The standard InChI is InChI=1S/C14H12N2O4/c1-9-2-5-11(6-3-9)15-12-7-4-10(14(17)18)8-13(12)16(19)20/h2-8,15H,1H3,(H,17,18)/p-1. The van der Waals surface area contributed by atoms with E-state index in [1.54, 1.807) is 12.1 Å². The lowest BCUT2D eigenvalue weighted by Gasteiger charge is -2.09. The highest BCUT2D eigenvalue weighted by molar-refractivity contribution is 5.88. The smallest absolute Gasteiger partial charge is 0.293 e. The fourth-order valence-electron chi connectivity index (χ4n) is 1.71. The Bertz CT molecular complexity index is 665. The summed E-state index contributed by atoms with van der Waals surface area (Å²) in [7, 11) is 0. The lowest BCUT2D eigenvalue weighted by molar-refractivity contribution is -0.384. The van der Waals surface area contributed by atoms with Gasteiger partial charge in [-0.25, -0.2) is 0 Å². The van der Waals surface area contributed by atoms with Crippen LogP contribution in [0.25, 0.3) is 0 Å². The number of nitro groups is 1. The normalized spacial score (nSPS) is 10.1. The summed E-state index contributed by atoms with van der Waals surface area (Å²) in [6, 6.07) is 10.9. The molecule has 0 spiro atoms. The second-order valence-corrected chi connectivity index (χ2v) is 4.27. The monoisotopic (exact) mass is 271 g/mol. The van der Waals surface area contributed by atoms with Gasteiger partial charge in [-0.1, -0.05) is 23.8 Å². The van der Waals surface area contributed by atoms with Gasteiger partial charge in [0.05, 0.1) is 10.9 Å². The molecule has 6 nitrogen and oxygen atoms in total. The molecule has 0 saturated heterocycles. The first kappa shape index (κ1) is 13.5. The van der Waals surface area contributed by atoms with E-state index in [-0.39, 0.29) is 16.9 Å². The van der Waals surface area contributed by atoms with Crippen molar-refractivity contribution in [2.45, 2.75) is 6.92 Å². The van der Waals surface area contributed by atoms with Crippen LogP contribution in [0.15, 0.2) is 42.5 Å². The van der Waals surface area contributed by atoms with Gasteiger partial charge in [0.25, 0.3) is 5.69 Å². The molecule has 1 N–H and O–H groups in total. The third-order valence-electron chi connectivity index (χ3n) is 2.76. The molecule has 0 aromatic heterocycles. The molecule has 20 heavy (non-hydrogen) atoms. The third-order valence-corrected chi connectivity index (χ3v) is 2.76. The van der Waals surface area contributed by atoms with Crippen molar-refractivity contribution in [1.82, 2.24) is 0 Å². The minimum Gasteiger partial charge on any atom is -0.545 e. The number of carboxylic acids is 1. The molecular weight excluding hydrogens is 260 g/mol. The number of aromatic carboxylic acids is 1. The molecule has 0 atom stereocenters. The lowest BCUT2D eigenvalue weighted by Crippen LogP contribution is -2.22. The van der Waals surface area contributed by atoms with E-state index < -0.39 is 10.9 Å². The van der Waals surface area contributed by atoms with Gasteiger partial charge >= 0.3 is 0 Å². The van der Waals surface area contributed by atoms with Crippen LogP contribution >= 0.6 is 0 Å². The van der Waals surface area contributed by atoms with Gasteiger partial charge in [0.2, 0.25) is 0 Å². The van der Waals surface area contributed by atoms with Gasteiger partial charge in [0.15, 0.2) is 0 Å². The Labute approximate surface area is 114 Å². The van der Waals surface area contributed by atoms with E-state index in [1.807, 2.05) is 19.1 Å². The summed E-state index contributed by atoms with van der Waals surface area (Å²) in [4.78, 5) is 21.1. The van der Waals surface area contributed by atoms with Crippen LogP contribution in [0.5, 0.6) is 0 Å². The zero-order valence-electron chi connectivity index (χ0n) is 10.6. The molecule has 0 aliphatic rings. The van der Waals surface area contributed by atoms with Gasteiger partial charge < -0.3 is 15.2 Å². The quantitative estimate of drug-likeness (QED) is 0.677. The summed E-state index contributed by atoms with van der Waals surface area (Å²) < 4.78 is 0. The van der Waals surface area contributed by atoms with Crippen LogP contribution < -0.4 is 10.4 Å². The largest absolute Gasteiger partial charge is 0.545 e. The number of hydrogen-bond donors (Lipinski definition) is 1. The number of rotatable bonds is 4. The fraction of sp³-hybridized carbons (Fsp3) is 0.0714. The Morgan fingerprint density at radius 3 is 2.35 bits per heavy atom. The highest BCUT2D eigenvalue weighted by Gasteiger charge is 2.15. The van der Waals surface area contributed by atoms with Crippen LogP contribution in [0.4, 0.5) is 17.1 Å². The number of nitrogens with zero attached hydrogens (tertiary/aromatic N) is 1. The van der Waals surface area contributed by atoms with E-state index in [0.717, 1.165) is 11.6 Å². The van der Waals surface area contributed by atoms with Crippen molar-refractivity contribution in [2.24, 2.45) is 0 Å². The van der Waals surface area contributed by atoms with Crippen molar-refractivity contribution in [3.63, 3.8) is 0 Å². The first-order valence-corrected chi connectivity index (χ1v) is 5.81. The molecular formula is C14H11N2O4-.